The highest BCUT2D eigenvalue weighted by atomic mass is 79.9. The van der Waals surface area contributed by atoms with Crippen LogP contribution in [0, 0.1) is 0 Å². The Morgan fingerprint density at radius 3 is 2.79 bits per heavy atom. The molecule has 0 aliphatic carbocycles. The zero-order chi connectivity index (χ0) is 9.26. The van der Waals surface area contributed by atoms with Crippen LogP contribution in [0.25, 0.3) is 0 Å². The van der Waals surface area contributed by atoms with Crippen LogP contribution in [0.4, 0.5) is 0 Å². The lowest BCUT2D eigenvalue weighted by atomic mass is 10.1. The van der Waals surface area contributed by atoms with Gasteiger partial charge in [0.1, 0.15) is 0 Å². The minimum absolute atomic E-state index is 0. The molecule has 1 heterocycles. The molecule has 1 nitrogen and oxygen atoms in total. The molecule has 0 saturated carbocycles. The zero-order valence-corrected chi connectivity index (χ0v) is 10.8. The van der Waals surface area contributed by atoms with Crippen molar-refractivity contribution in [1.29, 1.82) is 0 Å². The Morgan fingerprint density at radius 1 is 1.43 bits per heavy atom. The highest BCUT2D eigenvalue weighted by Gasteiger charge is 2.16. The molecule has 1 aromatic rings. The molecule has 1 fully saturated rings. The molecule has 0 aromatic heterocycles. The molecular weight excluding hydrogens is 285 g/mol. The maximum absolute atomic E-state index is 5.92. The van der Waals surface area contributed by atoms with Crippen LogP contribution in [-0.4, -0.2) is 6.54 Å². The van der Waals surface area contributed by atoms with E-state index in [0.717, 1.165) is 16.0 Å². The molecule has 0 amide bonds. The van der Waals surface area contributed by atoms with Crippen molar-refractivity contribution in [2.45, 2.75) is 18.9 Å². The lowest BCUT2D eigenvalue weighted by molar-refractivity contribution is 0.647. The smallest absolute Gasteiger partial charge is 0.0548 e. The molecule has 78 valence electrons. The number of rotatable bonds is 1. The predicted molar refractivity (Wildman–Crippen MR) is 66.4 cm³/mol. The van der Waals surface area contributed by atoms with Crippen molar-refractivity contribution < 1.29 is 0 Å². The summed E-state index contributed by atoms with van der Waals surface area (Å²) in [6, 6.07) is 6.66. The van der Waals surface area contributed by atoms with E-state index in [4.69, 9.17) is 11.6 Å². The van der Waals surface area contributed by atoms with Gasteiger partial charge >= 0.3 is 0 Å². The Bertz CT molecular complexity index is 311. The molecule has 0 spiro atoms. The summed E-state index contributed by atoms with van der Waals surface area (Å²) in [4.78, 5) is 0. The van der Waals surface area contributed by atoms with Crippen molar-refractivity contribution in [3.63, 3.8) is 0 Å². The molecule has 1 aromatic carbocycles. The highest BCUT2D eigenvalue weighted by Crippen LogP contribution is 2.29. The average Bonchev–Trinajstić information content (AvgIpc) is 2.62. The van der Waals surface area contributed by atoms with E-state index < -0.39 is 0 Å². The van der Waals surface area contributed by atoms with E-state index in [-0.39, 0.29) is 12.4 Å². The Labute approximate surface area is 104 Å². The summed E-state index contributed by atoms with van der Waals surface area (Å²) in [5.74, 6) is 0. The van der Waals surface area contributed by atoms with Gasteiger partial charge in [0.05, 0.1) is 5.02 Å². The second-order valence-electron chi connectivity index (χ2n) is 3.32. The molecule has 1 saturated heterocycles. The molecule has 0 radical (unpaired) electrons. The molecule has 14 heavy (non-hydrogen) atoms. The number of halogens is 3. The summed E-state index contributed by atoms with van der Waals surface area (Å²) in [7, 11) is 0. The molecule has 0 bridgehead atoms. The summed E-state index contributed by atoms with van der Waals surface area (Å²) >= 11 is 9.35. The van der Waals surface area contributed by atoms with E-state index >= 15 is 0 Å². The van der Waals surface area contributed by atoms with E-state index in [2.05, 4.69) is 33.4 Å². The van der Waals surface area contributed by atoms with Crippen LogP contribution in [0.15, 0.2) is 22.7 Å². The third kappa shape index (κ3) is 2.63. The second-order valence-corrected chi connectivity index (χ2v) is 4.58. The van der Waals surface area contributed by atoms with Crippen molar-refractivity contribution in [2.75, 3.05) is 6.54 Å². The van der Waals surface area contributed by atoms with Crippen LogP contribution in [0.3, 0.4) is 0 Å². The van der Waals surface area contributed by atoms with Crippen LogP contribution in [-0.2, 0) is 0 Å². The highest BCUT2D eigenvalue weighted by molar-refractivity contribution is 9.10. The fraction of sp³-hybridized carbons (Fsp3) is 0.400. The zero-order valence-electron chi connectivity index (χ0n) is 7.59. The molecular formula is C10H12BrCl2N. The Hall–Kier alpha value is 0.240. The largest absolute Gasteiger partial charge is 0.310 e. The van der Waals surface area contributed by atoms with E-state index in [1.165, 1.54) is 18.4 Å². The Balaban J connectivity index is 0.000000980. The first kappa shape index (κ1) is 12.3. The van der Waals surface area contributed by atoms with Gasteiger partial charge in [-0.15, -0.1) is 12.4 Å². The van der Waals surface area contributed by atoms with Crippen molar-refractivity contribution in [3.05, 3.63) is 33.3 Å². The fourth-order valence-corrected chi connectivity index (χ4v) is 2.21. The topological polar surface area (TPSA) is 12.0 Å². The van der Waals surface area contributed by atoms with Gasteiger partial charge in [-0.2, -0.15) is 0 Å². The van der Waals surface area contributed by atoms with E-state index in [0.29, 0.717) is 6.04 Å². The Morgan fingerprint density at radius 2 is 2.21 bits per heavy atom. The second kappa shape index (κ2) is 5.36. The monoisotopic (exact) mass is 295 g/mol. The van der Waals surface area contributed by atoms with E-state index in [1.54, 1.807) is 0 Å². The van der Waals surface area contributed by atoms with E-state index in [1.807, 2.05) is 6.07 Å². The SMILES string of the molecule is Cl.Clc1ccc([C@H]2CCCN2)cc1Br. The quantitative estimate of drug-likeness (QED) is 0.827. The van der Waals surface area contributed by atoms with E-state index in [9.17, 15) is 0 Å². The summed E-state index contributed by atoms with van der Waals surface area (Å²) in [6.45, 7) is 1.13. The summed E-state index contributed by atoms with van der Waals surface area (Å²) in [5.41, 5.74) is 1.33. The van der Waals surface area contributed by atoms with Gasteiger partial charge in [-0.1, -0.05) is 17.7 Å². The minimum atomic E-state index is 0. The van der Waals surface area contributed by atoms with Gasteiger partial charge in [0.25, 0.3) is 0 Å². The Kier molecular flexibility index (Phi) is 4.71. The fourth-order valence-electron chi connectivity index (χ4n) is 1.70. The van der Waals surface area contributed by atoms with Gasteiger partial charge in [0.2, 0.25) is 0 Å². The first-order valence-corrected chi connectivity index (χ1v) is 5.63. The number of nitrogens with one attached hydrogen (secondary N) is 1. The summed E-state index contributed by atoms with van der Waals surface area (Å²) in [6.07, 6.45) is 2.50. The molecule has 0 unspecified atom stereocenters. The van der Waals surface area contributed by atoms with Gasteiger partial charge in [-0.05, 0) is 53.0 Å². The molecule has 1 aliphatic heterocycles. The van der Waals surface area contributed by atoms with Crippen molar-refractivity contribution in [2.24, 2.45) is 0 Å². The summed E-state index contributed by atoms with van der Waals surface area (Å²) < 4.78 is 0.986. The maximum Gasteiger partial charge on any atom is 0.0548 e. The van der Waals surface area contributed by atoms with Crippen LogP contribution in [0.5, 0.6) is 0 Å². The summed E-state index contributed by atoms with van der Waals surface area (Å²) in [5, 5.41) is 4.24. The third-order valence-corrected chi connectivity index (χ3v) is 3.62. The van der Waals surface area contributed by atoms with Crippen LogP contribution in [0.1, 0.15) is 24.4 Å². The standard InChI is InChI=1S/C10H11BrClN.ClH/c11-8-6-7(3-4-9(8)12)10-2-1-5-13-10;/h3-4,6,10,13H,1-2,5H2;1H/t10-;/m1./s1. The number of benzene rings is 1. The molecule has 2 rings (SSSR count). The first-order chi connectivity index (χ1) is 6.27. The molecule has 1 N–H and O–H groups in total. The van der Waals surface area contributed by atoms with Crippen molar-refractivity contribution >= 4 is 39.9 Å². The van der Waals surface area contributed by atoms with Crippen LogP contribution in [0.2, 0.25) is 5.02 Å². The average molecular weight is 297 g/mol. The normalized spacial score (nSPS) is 20.6. The van der Waals surface area contributed by atoms with Crippen LogP contribution >= 0.6 is 39.9 Å². The van der Waals surface area contributed by atoms with Crippen molar-refractivity contribution in [3.8, 4) is 0 Å². The number of hydrogen-bond donors (Lipinski definition) is 1. The predicted octanol–water partition coefficient (Wildman–Crippen LogP) is 3.95. The van der Waals surface area contributed by atoms with Crippen LogP contribution < -0.4 is 5.32 Å². The lowest BCUT2D eigenvalue weighted by Crippen LogP contribution is -2.12. The minimum Gasteiger partial charge on any atom is -0.310 e. The maximum atomic E-state index is 5.92. The van der Waals surface area contributed by atoms with Gasteiger partial charge in [0.15, 0.2) is 0 Å². The van der Waals surface area contributed by atoms with Crippen molar-refractivity contribution in [1.82, 2.24) is 5.32 Å². The van der Waals surface area contributed by atoms with Gasteiger partial charge < -0.3 is 5.32 Å². The molecule has 1 aliphatic rings. The molecule has 4 heteroatoms. The van der Waals surface area contributed by atoms with Gasteiger partial charge in [-0.3, -0.25) is 0 Å². The van der Waals surface area contributed by atoms with Gasteiger partial charge in [0, 0.05) is 10.5 Å². The number of hydrogen-bond acceptors (Lipinski definition) is 1. The first-order valence-electron chi connectivity index (χ1n) is 4.46. The van der Waals surface area contributed by atoms with Gasteiger partial charge in [-0.25, -0.2) is 0 Å². The molecule has 1 atom stereocenters. The lowest BCUT2D eigenvalue weighted by Gasteiger charge is -2.10. The third-order valence-electron chi connectivity index (χ3n) is 2.41.